The molecule has 2 atom stereocenters. The number of hydrogen-bond acceptors (Lipinski definition) is 12. The van der Waals surface area contributed by atoms with Crippen molar-refractivity contribution in [3.63, 3.8) is 0 Å². The van der Waals surface area contributed by atoms with E-state index >= 15 is 0 Å². The lowest BCUT2D eigenvalue weighted by molar-refractivity contribution is -0.110. The Labute approximate surface area is 204 Å². The largest absolute Gasteiger partial charge is 0.389 e. The average Bonchev–Trinajstić information content (AvgIpc) is 3.61. The van der Waals surface area contributed by atoms with E-state index in [2.05, 4.69) is 25.4 Å². The van der Waals surface area contributed by atoms with Crippen LogP contribution in [-0.4, -0.2) is 72.8 Å². The van der Waals surface area contributed by atoms with Gasteiger partial charge < -0.3 is 20.0 Å². The number of nitrogen functional groups attached to an aromatic ring is 1. The van der Waals surface area contributed by atoms with Gasteiger partial charge in [0.2, 0.25) is 0 Å². The van der Waals surface area contributed by atoms with Gasteiger partial charge in [-0.2, -0.15) is 4.98 Å². The molecule has 3 aromatic rings. The van der Waals surface area contributed by atoms with Crippen LogP contribution >= 0.6 is 11.3 Å². The van der Waals surface area contributed by atoms with Crippen molar-refractivity contribution in [2.75, 3.05) is 37.5 Å². The number of anilines is 2. The molecule has 0 radical (unpaired) electrons. The van der Waals surface area contributed by atoms with E-state index in [0.29, 0.717) is 48.7 Å². The van der Waals surface area contributed by atoms with Gasteiger partial charge in [0.05, 0.1) is 36.2 Å². The quantitative estimate of drug-likeness (QED) is 0.344. The number of carbonyl (C=O) groups excluding carboxylic acids is 1. The van der Waals surface area contributed by atoms with Crippen molar-refractivity contribution >= 4 is 54.2 Å². The molecule has 0 aliphatic carbocycles. The Hall–Kier alpha value is -3.20. The van der Waals surface area contributed by atoms with E-state index in [1.165, 1.54) is 30.5 Å². The molecule has 1 amide bonds. The molecule has 4 heterocycles. The molecule has 14 heteroatoms. The Balaban J connectivity index is 1.41. The second kappa shape index (κ2) is 9.81. The van der Waals surface area contributed by atoms with Crippen LogP contribution in [0.3, 0.4) is 0 Å². The lowest BCUT2D eigenvalue weighted by Gasteiger charge is -2.12. The lowest BCUT2D eigenvalue weighted by atomic mass is 10.1. The molecule has 0 bridgehead atoms. The Kier molecular flexibility index (Phi) is 6.60. The maximum absolute atomic E-state index is 13.2. The number of aromatic nitrogens is 3. The van der Waals surface area contributed by atoms with E-state index in [4.69, 9.17) is 20.0 Å². The fourth-order valence-electron chi connectivity index (χ4n) is 3.65. The molecule has 2 saturated heterocycles. The fraction of sp³-hybridized carbons (Fsp3) is 0.381. The molecule has 0 spiro atoms. The van der Waals surface area contributed by atoms with Crippen LogP contribution in [0.5, 0.6) is 0 Å². The molecule has 12 nitrogen and oxygen atoms in total. The Bertz CT molecular complexity index is 1360. The molecular formula is C21H22N6O6S2. The Morgan fingerprint density at radius 3 is 2.63 bits per heavy atom. The number of nitrogens with two attached hydrogens (primary N) is 1. The van der Waals surface area contributed by atoms with Gasteiger partial charge in [-0.25, -0.2) is 18.4 Å². The summed E-state index contributed by atoms with van der Waals surface area (Å²) in [6, 6.07) is 5.97. The third-order valence-electron chi connectivity index (χ3n) is 5.54. The molecular weight excluding hydrogens is 496 g/mol. The van der Waals surface area contributed by atoms with Crippen LogP contribution in [0, 0.1) is 0 Å². The Morgan fingerprint density at radius 1 is 1.14 bits per heavy atom. The second-order valence-corrected chi connectivity index (χ2v) is 11.2. The first-order chi connectivity index (χ1) is 16.9. The summed E-state index contributed by atoms with van der Waals surface area (Å²) in [5.41, 5.74) is 6.35. The van der Waals surface area contributed by atoms with Crippen LogP contribution in [0.15, 0.2) is 40.5 Å². The van der Waals surface area contributed by atoms with Gasteiger partial charge in [0.1, 0.15) is 5.82 Å². The van der Waals surface area contributed by atoms with Crippen molar-refractivity contribution in [3.8, 4) is 0 Å². The predicted octanol–water partition coefficient (Wildman–Crippen LogP) is 1.38. The third-order valence-corrected chi connectivity index (χ3v) is 8.57. The summed E-state index contributed by atoms with van der Waals surface area (Å²) in [5, 5.41) is 6.45. The molecule has 2 aromatic heterocycles. The number of benzene rings is 1. The third kappa shape index (κ3) is 5.10. The first kappa shape index (κ1) is 23.5. The van der Waals surface area contributed by atoms with Crippen molar-refractivity contribution in [2.24, 2.45) is 5.16 Å². The zero-order valence-corrected chi connectivity index (χ0v) is 20.0. The van der Waals surface area contributed by atoms with Gasteiger partial charge in [-0.05, 0) is 18.6 Å². The predicted molar refractivity (Wildman–Crippen MR) is 128 cm³/mol. The number of thiazole rings is 1. The molecule has 2 aliphatic heterocycles. The zero-order chi connectivity index (χ0) is 24.4. The lowest BCUT2D eigenvalue weighted by Crippen LogP contribution is -2.25. The van der Waals surface area contributed by atoms with E-state index in [-0.39, 0.29) is 34.3 Å². The minimum atomic E-state index is -3.54. The van der Waals surface area contributed by atoms with Crippen molar-refractivity contribution in [2.45, 2.75) is 29.1 Å². The average molecular weight is 519 g/mol. The number of hydrogen-bond donors (Lipinski definition) is 2. The number of carbonyl (C=O) groups is 1. The number of nitrogens with zero attached hydrogens (tertiary/aromatic N) is 4. The molecule has 3 N–H and O–H groups in total. The molecule has 2 aliphatic rings. The summed E-state index contributed by atoms with van der Waals surface area (Å²) in [5.74, 6) is -0.344. The van der Waals surface area contributed by atoms with Gasteiger partial charge >= 0.3 is 0 Å². The molecule has 1 aromatic carbocycles. The number of oxime groups is 1. The molecule has 35 heavy (non-hydrogen) atoms. The van der Waals surface area contributed by atoms with Crippen LogP contribution in [0.4, 0.5) is 10.9 Å². The van der Waals surface area contributed by atoms with Gasteiger partial charge in [0.25, 0.3) is 5.91 Å². The number of fused-ring (bicyclic) bond motifs is 1. The standard InChI is InChI=1S/C21H22N6O6S2/c22-16-9-23-18-20(24-16)34-21(25-18)26-19(28)17(27-33-13-5-7-31-10-13)12-1-3-14(4-2-12)35(29,30)15-6-8-32-11-15/h1-4,9,13,15H,5-8,10-11H2,(H2,22,24)(H,23,25,26,28)/t13-,15+/m1/s1. The minimum absolute atomic E-state index is 0.0373. The normalized spacial score (nSPS) is 20.9. The van der Waals surface area contributed by atoms with Crippen LogP contribution in [0.1, 0.15) is 18.4 Å². The SMILES string of the molecule is Nc1cnc2nc(NC(=O)C(=NO[C@@H]3CCOC3)c3ccc(S(=O)(=O)[C@H]4CCOC4)cc3)sc2n1. The zero-order valence-electron chi connectivity index (χ0n) is 18.4. The summed E-state index contributed by atoms with van der Waals surface area (Å²) in [7, 11) is -3.54. The van der Waals surface area contributed by atoms with E-state index in [1.807, 2.05) is 0 Å². The molecule has 184 valence electrons. The maximum atomic E-state index is 13.2. The first-order valence-corrected chi connectivity index (χ1v) is 13.2. The summed E-state index contributed by atoms with van der Waals surface area (Å²) in [6.45, 7) is 1.52. The first-order valence-electron chi connectivity index (χ1n) is 10.8. The van der Waals surface area contributed by atoms with E-state index in [0.717, 1.165) is 11.3 Å². The molecule has 2 fully saturated rings. The second-order valence-electron chi connectivity index (χ2n) is 7.98. The van der Waals surface area contributed by atoms with Gasteiger partial charge in [-0.1, -0.05) is 28.6 Å². The maximum Gasteiger partial charge on any atom is 0.280 e. The smallest absolute Gasteiger partial charge is 0.280 e. The van der Waals surface area contributed by atoms with Crippen molar-refractivity contribution in [1.29, 1.82) is 0 Å². The van der Waals surface area contributed by atoms with Crippen molar-refractivity contribution < 1.29 is 27.5 Å². The highest BCUT2D eigenvalue weighted by Gasteiger charge is 2.31. The fourth-order valence-corrected chi connectivity index (χ4v) is 6.03. The summed E-state index contributed by atoms with van der Waals surface area (Å²) >= 11 is 1.11. The molecule has 5 rings (SSSR count). The number of rotatable bonds is 7. The summed E-state index contributed by atoms with van der Waals surface area (Å²) < 4.78 is 36.2. The molecule has 0 saturated carbocycles. The van der Waals surface area contributed by atoms with Gasteiger partial charge in [0, 0.05) is 18.6 Å². The van der Waals surface area contributed by atoms with Crippen molar-refractivity contribution in [3.05, 3.63) is 36.0 Å². The van der Waals surface area contributed by atoms with Gasteiger partial charge in [0.15, 0.2) is 37.3 Å². The number of ether oxygens (including phenoxy) is 2. The van der Waals surface area contributed by atoms with E-state index < -0.39 is 21.0 Å². The number of nitrogens with one attached hydrogen (secondary N) is 1. The number of sulfone groups is 1. The highest BCUT2D eigenvalue weighted by molar-refractivity contribution is 7.92. The topological polar surface area (TPSA) is 168 Å². The summed E-state index contributed by atoms with van der Waals surface area (Å²) in [4.78, 5) is 31.8. The Morgan fingerprint density at radius 2 is 1.91 bits per heavy atom. The molecule has 0 unspecified atom stereocenters. The van der Waals surface area contributed by atoms with Crippen LogP contribution in [-0.2, 0) is 28.9 Å². The van der Waals surface area contributed by atoms with Crippen LogP contribution < -0.4 is 11.1 Å². The highest BCUT2D eigenvalue weighted by Crippen LogP contribution is 2.25. The summed E-state index contributed by atoms with van der Waals surface area (Å²) in [6.07, 6.45) is 2.20. The van der Waals surface area contributed by atoms with Gasteiger partial charge in [-0.3, -0.25) is 10.1 Å². The monoisotopic (exact) mass is 518 g/mol. The van der Waals surface area contributed by atoms with Crippen LogP contribution in [0.25, 0.3) is 10.5 Å². The van der Waals surface area contributed by atoms with Crippen LogP contribution in [0.2, 0.25) is 0 Å². The number of amides is 1. The van der Waals surface area contributed by atoms with E-state index in [9.17, 15) is 13.2 Å². The van der Waals surface area contributed by atoms with Crippen molar-refractivity contribution in [1.82, 2.24) is 15.0 Å². The van der Waals surface area contributed by atoms with Gasteiger partial charge in [-0.15, -0.1) is 0 Å². The highest BCUT2D eigenvalue weighted by atomic mass is 32.2. The minimum Gasteiger partial charge on any atom is -0.389 e. The van der Waals surface area contributed by atoms with E-state index in [1.54, 1.807) is 0 Å².